The largest absolute Gasteiger partial charge is 0.497 e. The van der Waals surface area contributed by atoms with Crippen LogP contribution in [0.4, 0.5) is 4.39 Å². The Labute approximate surface area is 99.1 Å². The third-order valence-corrected chi connectivity index (χ3v) is 3.45. The summed E-state index contributed by atoms with van der Waals surface area (Å²) < 4.78 is 18.5. The van der Waals surface area contributed by atoms with Gasteiger partial charge in [0.15, 0.2) is 5.78 Å². The first kappa shape index (κ1) is 10.5. The molecule has 0 saturated carbocycles. The summed E-state index contributed by atoms with van der Waals surface area (Å²) >= 11 is 0. The van der Waals surface area contributed by atoms with Crippen LogP contribution in [0.15, 0.2) is 35.6 Å². The molecule has 0 bridgehead atoms. The van der Waals surface area contributed by atoms with E-state index in [2.05, 4.69) is 0 Å². The molecular formula is C14H13FO2. The minimum absolute atomic E-state index is 0.00148. The summed E-state index contributed by atoms with van der Waals surface area (Å²) in [5, 5.41) is 0. The molecule has 0 amide bonds. The molecule has 2 nitrogen and oxygen atoms in total. The molecule has 1 atom stereocenters. The first-order valence-corrected chi connectivity index (χ1v) is 5.90. The zero-order valence-corrected chi connectivity index (χ0v) is 9.41. The molecular weight excluding hydrogens is 219 g/mol. The number of carbonyl (C=O) groups excluding carboxylic acids is 1. The van der Waals surface area contributed by atoms with E-state index in [1.165, 1.54) is 12.1 Å². The molecule has 3 heteroatoms. The summed E-state index contributed by atoms with van der Waals surface area (Å²) in [5.41, 5.74) is 1.79. The third-order valence-electron chi connectivity index (χ3n) is 3.45. The average Bonchev–Trinajstić information content (AvgIpc) is 2.75. The number of carbonyl (C=O) groups is 1. The molecule has 0 spiro atoms. The number of ketones is 1. The monoisotopic (exact) mass is 232 g/mol. The summed E-state index contributed by atoms with van der Waals surface area (Å²) in [5.74, 6) is 0.795. The smallest absolute Gasteiger partial charge is 0.162 e. The number of hydrogen-bond donors (Lipinski definition) is 0. The van der Waals surface area contributed by atoms with Crippen LogP contribution in [-0.2, 0) is 9.53 Å². The molecule has 0 radical (unpaired) electrons. The first-order chi connectivity index (χ1) is 8.25. The van der Waals surface area contributed by atoms with Crippen LogP contribution in [0, 0.1) is 5.82 Å². The Balaban J connectivity index is 1.97. The number of Topliss-reactive ketones (excluding diaryl/α,β-unsaturated/α-hetero) is 1. The van der Waals surface area contributed by atoms with E-state index in [0.29, 0.717) is 13.0 Å². The topological polar surface area (TPSA) is 26.3 Å². The van der Waals surface area contributed by atoms with Gasteiger partial charge in [-0.15, -0.1) is 0 Å². The molecule has 0 aromatic heterocycles. The summed E-state index contributed by atoms with van der Waals surface area (Å²) in [4.78, 5) is 11.9. The van der Waals surface area contributed by atoms with Crippen LogP contribution in [-0.4, -0.2) is 12.4 Å². The van der Waals surface area contributed by atoms with E-state index in [4.69, 9.17) is 4.74 Å². The number of rotatable bonds is 1. The molecule has 1 unspecified atom stereocenters. The van der Waals surface area contributed by atoms with Crippen molar-refractivity contribution in [3.05, 3.63) is 47.0 Å². The van der Waals surface area contributed by atoms with Crippen LogP contribution >= 0.6 is 0 Å². The van der Waals surface area contributed by atoms with E-state index >= 15 is 0 Å². The van der Waals surface area contributed by atoms with Crippen LogP contribution in [0.2, 0.25) is 0 Å². The molecule has 88 valence electrons. The van der Waals surface area contributed by atoms with Gasteiger partial charge in [0.1, 0.15) is 11.6 Å². The van der Waals surface area contributed by atoms with Crippen molar-refractivity contribution in [2.75, 3.05) is 6.61 Å². The van der Waals surface area contributed by atoms with Crippen molar-refractivity contribution in [2.24, 2.45) is 0 Å². The van der Waals surface area contributed by atoms with Crippen molar-refractivity contribution in [2.45, 2.75) is 25.2 Å². The second-order valence-electron chi connectivity index (χ2n) is 4.53. The van der Waals surface area contributed by atoms with Crippen LogP contribution < -0.4 is 0 Å². The van der Waals surface area contributed by atoms with Crippen LogP contribution in [0.5, 0.6) is 0 Å². The van der Waals surface area contributed by atoms with E-state index in [-0.39, 0.29) is 17.5 Å². The predicted molar refractivity (Wildman–Crippen MR) is 61.0 cm³/mol. The molecule has 0 N–H and O–H groups in total. The Morgan fingerprint density at radius 1 is 1.18 bits per heavy atom. The van der Waals surface area contributed by atoms with Gasteiger partial charge in [0.25, 0.3) is 0 Å². The molecule has 1 aliphatic heterocycles. The lowest BCUT2D eigenvalue weighted by Gasteiger charge is -2.15. The predicted octanol–water partition coefficient (Wildman–Crippen LogP) is 2.95. The van der Waals surface area contributed by atoms with Crippen molar-refractivity contribution in [3.63, 3.8) is 0 Å². The van der Waals surface area contributed by atoms with Gasteiger partial charge in [-0.3, -0.25) is 4.79 Å². The quantitative estimate of drug-likeness (QED) is 0.744. The maximum atomic E-state index is 12.9. The molecule has 0 fully saturated rings. The molecule has 1 heterocycles. The molecule has 1 aromatic carbocycles. The minimum atomic E-state index is -0.253. The highest BCUT2D eigenvalue weighted by Gasteiger charge is 2.35. The van der Waals surface area contributed by atoms with Gasteiger partial charge >= 0.3 is 0 Å². The lowest BCUT2D eigenvalue weighted by molar-refractivity contribution is -0.116. The van der Waals surface area contributed by atoms with Crippen LogP contribution in [0.3, 0.4) is 0 Å². The van der Waals surface area contributed by atoms with Crippen molar-refractivity contribution >= 4 is 5.78 Å². The van der Waals surface area contributed by atoms with E-state index in [1.807, 2.05) is 0 Å². The van der Waals surface area contributed by atoms with Crippen molar-refractivity contribution in [3.8, 4) is 0 Å². The lowest BCUT2D eigenvalue weighted by Crippen LogP contribution is -2.14. The molecule has 1 aromatic rings. The zero-order chi connectivity index (χ0) is 11.8. The summed E-state index contributed by atoms with van der Waals surface area (Å²) in [6.45, 7) is 0.516. The SMILES string of the molecule is O=C1CCCC2=C1C(c1ccc(F)cc1)CO2. The molecule has 2 aliphatic rings. The maximum absolute atomic E-state index is 12.9. The van der Waals surface area contributed by atoms with Gasteiger partial charge < -0.3 is 4.74 Å². The van der Waals surface area contributed by atoms with Gasteiger partial charge in [0, 0.05) is 24.3 Å². The second-order valence-corrected chi connectivity index (χ2v) is 4.53. The fraction of sp³-hybridized carbons (Fsp3) is 0.357. The lowest BCUT2D eigenvalue weighted by atomic mass is 9.85. The van der Waals surface area contributed by atoms with E-state index < -0.39 is 0 Å². The normalized spacial score (nSPS) is 23.6. The van der Waals surface area contributed by atoms with Gasteiger partial charge in [-0.2, -0.15) is 0 Å². The molecule has 3 rings (SSSR count). The molecule has 17 heavy (non-hydrogen) atoms. The van der Waals surface area contributed by atoms with Crippen LogP contribution in [0.1, 0.15) is 30.7 Å². The number of allylic oxidation sites excluding steroid dienone is 1. The highest BCUT2D eigenvalue weighted by Crippen LogP contribution is 2.39. The fourth-order valence-corrected chi connectivity index (χ4v) is 2.60. The number of ether oxygens (including phenoxy) is 1. The van der Waals surface area contributed by atoms with Gasteiger partial charge in [-0.1, -0.05) is 12.1 Å². The Morgan fingerprint density at radius 2 is 1.94 bits per heavy atom. The zero-order valence-electron chi connectivity index (χ0n) is 9.41. The van der Waals surface area contributed by atoms with E-state index in [9.17, 15) is 9.18 Å². The van der Waals surface area contributed by atoms with Crippen molar-refractivity contribution < 1.29 is 13.9 Å². The average molecular weight is 232 g/mol. The summed E-state index contributed by atoms with van der Waals surface area (Å²) in [7, 11) is 0. The third kappa shape index (κ3) is 1.75. The number of hydrogen-bond acceptors (Lipinski definition) is 2. The van der Waals surface area contributed by atoms with Crippen molar-refractivity contribution in [1.82, 2.24) is 0 Å². The summed E-state index contributed by atoms with van der Waals surface area (Å²) in [6, 6.07) is 6.34. The highest BCUT2D eigenvalue weighted by atomic mass is 19.1. The Bertz CT molecular complexity index is 487. The minimum Gasteiger partial charge on any atom is -0.497 e. The summed E-state index contributed by atoms with van der Waals surface area (Å²) in [6.07, 6.45) is 2.35. The van der Waals surface area contributed by atoms with Gasteiger partial charge in [0.2, 0.25) is 0 Å². The Morgan fingerprint density at radius 3 is 2.71 bits per heavy atom. The fourth-order valence-electron chi connectivity index (χ4n) is 2.60. The Hall–Kier alpha value is -1.64. The van der Waals surface area contributed by atoms with E-state index in [1.54, 1.807) is 12.1 Å². The Kier molecular flexibility index (Phi) is 2.46. The molecule has 1 aliphatic carbocycles. The first-order valence-electron chi connectivity index (χ1n) is 5.90. The van der Waals surface area contributed by atoms with E-state index in [0.717, 1.165) is 29.7 Å². The number of benzene rings is 1. The second kappa shape index (κ2) is 3.99. The highest BCUT2D eigenvalue weighted by molar-refractivity contribution is 5.98. The molecule has 0 saturated heterocycles. The van der Waals surface area contributed by atoms with Crippen molar-refractivity contribution in [1.29, 1.82) is 0 Å². The van der Waals surface area contributed by atoms with Gasteiger partial charge in [0.05, 0.1) is 6.61 Å². The van der Waals surface area contributed by atoms with Gasteiger partial charge in [-0.05, 0) is 24.1 Å². The van der Waals surface area contributed by atoms with Gasteiger partial charge in [-0.25, -0.2) is 4.39 Å². The maximum Gasteiger partial charge on any atom is 0.162 e. The number of halogens is 1. The standard InChI is InChI=1S/C14H13FO2/c15-10-6-4-9(5-7-10)11-8-17-13-3-1-2-12(16)14(11)13/h4-7,11H,1-3,8H2. The van der Waals surface area contributed by atoms with Crippen LogP contribution in [0.25, 0.3) is 0 Å².